The van der Waals surface area contributed by atoms with Gasteiger partial charge in [-0.05, 0) is 74.5 Å². The minimum atomic E-state index is -0.597. The summed E-state index contributed by atoms with van der Waals surface area (Å²) >= 11 is 5.98. The molecular formula is C27H40ClN3O2. The van der Waals surface area contributed by atoms with Gasteiger partial charge in [0.2, 0.25) is 0 Å². The van der Waals surface area contributed by atoms with Crippen molar-refractivity contribution in [3.05, 3.63) is 64.7 Å². The van der Waals surface area contributed by atoms with Crippen LogP contribution in [-0.4, -0.2) is 48.5 Å². The highest BCUT2D eigenvalue weighted by Gasteiger charge is 2.28. The Hall–Kier alpha value is -1.63. The van der Waals surface area contributed by atoms with E-state index in [4.69, 9.17) is 16.3 Å². The van der Waals surface area contributed by atoms with Crippen LogP contribution in [0, 0.1) is 5.92 Å². The second kappa shape index (κ2) is 13.3. The number of hydrogen-bond acceptors (Lipinski definition) is 5. The molecular weight excluding hydrogens is 434 g/mol. The van der Waals surface area contributed by atoms with Crippen LogP contribution in [-0.2, 0) is 6.54 Å². The van der Waals surface area contributed by atoms with Gasteiger partial charge in [0, 0.05) is 31.3 Å². The molecule has 0 amide bonds. The van der Waals surface area contributed by atoms with E-state index >= 15 is 0 Å². The van der Waals surface area contributed by atoms with Crippen LogP contribution >= 0.6 is 11.6 Å². The molecule has 1 aliphatic rings. The molecule has 0 aromatic heterocycles. The Balaban J connectivity index is 1.59. The Morgan fingerprint density at radius 1 is 1.12 bits per heavy atom. The molecule has 0 radical (unpaired) electrons. The summed E-state index contributed by atoms with van der Waals surface area (Å²) in [5.41, 5.74) is 2.09. The van der Waals surface area contributed by atoms with Crippen molar-refractivity contribution in [1.29, 1.82) is 0 Å². The van der Waals surface area contributed by atoms with E-state index in [2.05, 4.69) is 22.5 Å². The molecule has 1 heterocycles. The molecule has 1 saturated heterocycles. The number of hydrogen-bond donors (Lipinski definition) is 3. The predicted molar refractivity (Wildman–Crippen MR) is 137 cm³/mol. The van der Waals surface area contributed by atoms with Crippen LogP contribution in [0.25, 0.3) is 0 Å². The summed E-state index contributed by atoms with van der Waals surface area (Å²) in [4.78, 5) is 2.50. The van der Waals surface area contributed by atoms with Gasteiger partial charge in [-0.2, -0.15) is 0 Å². The van der Waals surface area contributed by atoms with E-state index in [1.807, 2.05) is 62.4 Å². The van der Waals surface area contributed by atoms with Crippen molar-refractivity contribution in [1.82, 2.24) is 15.5 Å². The van der Waals surface area contributed by atoms with Gasteiger partial charge in [0.25, 0.3) is 0 Å². The molecule has 3 unspecified atom stereocenters. The molecule has 2 aromatic rings. The van der Waals surface area contributed by atoms with Crippen molar-refractivity contribution in [2.24, 2.45) is 5.92 Å². The summed E-state index contributed by atoms with van der Waals surface area (Å²) in [5, 5.41) is 19.0. The highest BCUT2D eigenvalue weighted by atomic mass is 35.5. The first-order valence-corrected chi connectivity index (χ1v) is 12.7. The van der Waals surface area contributed by atoms with E-state index < -0.39 is 6.10 Å². The Kier molecular flexibility index (Phi) is 10.5. The van der Waals surface area contributed by atoms with Crippen LogP contribution in [0.3, 0.4) is 0 Å². The summed E-state index contributed by atoms with van der Waals surface area (Å²) < 4.78 is 5.76. The first kappa shape index (κ1) is 26.0. The van der Waals surface area contributed by atoms with Crippen LogP contribution in [0.15, 0.2) is 48.5 Å². The minimum Gasteiger partial charge on any atom is -0.491 e. The Labute approximate surface area is 204 Å². The molecule has 1 fully saturated rings. The van der Waals surface area contributed by atoms with Gasteiger partial charge in [0.15, 0.2) is 0 Å². The molecule has 3 rings (SSSR count). The molecule has 0 bridgehead atoms. The van der Waals surface area contributed by atoms with E-state index in [-0.39, 0.29) is 12.1 Å². The third-order valence-electron chi connectivity index (χ3n) is 6.23. The van der Waals surface area contributed by atoms with Crippen molar-refractivity contribution in [3.63, 3.8) is 0 Å². The summed E-state index contributed by atoms with van der Waals surface area (Å²) in [7, 11) is 0. The molecule has 0 aliphatic carbocycles. The van der Waals surface area contributed by atoms with E-state index in [9.17, 15) is 5.11 Å². The number of aliphatic hydroxyl groups excluding tert-OH is 1. The topological polar surface area (TPSA) is 56.8 Å². The maximum absolute atomic E-state index is 11.3. The molecule has 182 valence electrons. The average molecular weight is 474 g/mol. The van der Waals surface area contributed by atoms with E-state index in [1.54, 1.807) is 0 Å². The van der Waals surface area contributed by atoms with Crippen LogP contribution in [0.4, 0.5) is 0 Å². The normalized spacial score (nSPS) is 18.5. The third-order valence-corrected chi connectivity index (χ3v) is 6.48. The molecule has 0 saturated carbocycles. The lowest BCUT2D eigenvalue weighted by Crippen LogP contribution is -2.47. The number of rotatable bonds is 13. The highest BCUT2D eigenvalue weighted by Crippen LogP contribution is 2.25. The van der Waals surface area contributed by atoms with Crippen molar-refractivity contribution in [2.45, 2.75) is 64.8 Å². The van der Waals surface area contributed by atoms with Gasteiger partial charge in [0.1, 0.15) is 5.75 Å². The third kappa shape index (κ3) is 8.58. The summed E-state index contributed by atoms with van der Waals surface area (Å²) in [6, 6.07) is 15.6. The average Bonchev–Trinajstić information content (AvgIpc) is 3.24. The zero-order valence-corrected chi connectivity index (χ0v) is 21.0. The van der Waals surface area contributed by atoms with Crippen LogP contribution in [0.2, 0.25) is 5.02 Å². The summed E-state index contributed by atoms with van der Waals surface area (Å²) in [6.45, 7) is 10.7. The van der Waals surface area contributed by atoms with Crippen LogP contribution in [0.1, 0.15) is 57.3 Å². The van der Waals surface area contributed by atoms with Crippen LogP contribution in [0.5, 0.6) is 5.75 Å². The highest BCUT2D eigenvalue weighted by molar-refractivity contribution is 6.30. The molecule has 3 N–H and O–H groups in total. The molecule has 6 heteroatoms. The maximum Gasteiger partial charge on any atom is 0.119 e. The van der Waals surface area contributed by atoms with Gasteiger partial charge in [-0.3, -0.25) is 5.32 Å². The van der Waals surface area contributed by atoms with Crippen LogP contribution < -0.4 is 15.4 Å². The minimum absolute atomic E-state index is 0.0695. The van der Waals surface area contributed by atoms with Gasteiger partial charge in [0.05, 0.1) is 18.2 Å². The van der Waals surface area contributed by atoms with E-state index in [0.717, 1.165) is 48.4 Å². The second-order valence-electron chi connectivity index (χ2n) is 9.42. The monoisotopic (exact) mass is 473 g/mol. The lowest BCUT2D eigenvalue weighted by atomic mass is 10.0. The first-order valence-electron chi connectivity index (χ1n) is 12.3. The maximum atomic E-state index is 11.3. The zero-order valence-electron chi connectivity index (χ0n) is 20.3. The van der Waals surface area contributed by atoms with Crippen molar-refractivity contribution >= 4 is 11.6 Å². The largest absolute Gasteiger partial charge is 0.491 e. The number of nitrogens with one attached hydrogen (secondary N) is 2. The molecule has 1 aliphatic heterocycles. The number of aliphatic hydroxyl groups is 1. The van der Waals surface area contributed by atoms with Gasteiger partial charge < -0.3 is 20.1 Å². The smallest absolute Gasteiger partial charge is 0.119 e. The number of nitrogens with zero attached hydrogens (tertiary/aromatic N) is 1. The molecule has 5 nitrogen and oxygen atoms in total. The van der Waals surface area contributed by atoms with Gasteiger partial charge >= 0.3 is 0 Å². The number of halogens is 1. The molecule has 33 heavy (non-hydrogen) atoms. The molecule has 3 atom stereocenters. The molecule has 2 aromatic carbocycles. The molecule has 0 spiro atoms. The summed E-state index contributed by atoms with van der Waals surface area (Å²) in [6.07, 6.45) is 3.32. The number of ether oxygens (including phenoxy) is 1. The van der Waals surface area contributed by atoms with Crippen molar-refractivity contribution in [2.75, 3.05) is 26.3 Å². The fourth-order valence-electron chi connectivity index (χ4n) is 4.54. The van der Waals surface area contributed by atoms with E-state index in [0.29, 0.717) is 6.67 Å². The number of likely N-dealkylation sites (tertiary alicyclic amines) is 1. The van der Waals surface area contributed by atoms with Gasteiger partial charge in [-0.1, -0.05) is 49.2 Å². The zero-order chi connectivity index (χ0) is 23.6. The van der Waals surface area contributed by atoms with E-state index in [1.165, 1.54) is 24.8 Å². The SMILES string of the molecule is CCCC1CCN(CC(NCNCc2ccc(Cl)cc2)C(O)c2ccc(OC(C)C)cc2)C1. The van der Waals surface area contributed by atoms with Crippen molar-refractivity contribution in [3.8, 4) is 5.75 Å². The first-order chi connectivity index (χ1) is 15.9. The second-order valence-corrected chi connectivity index (χ2v) is 9.86. The fourth-order valence-corrected chi connectivity index (χ4v) is 4.66. The lowest BCUT2D eigenvalue weighted by Gasteiger charge is -2.29. The predicted octanol–water partition coefficient (Wildman–Crippen LogP) is 4.99. The number of benzene rings is 2. The van der Waals surface area contributed by atoms with Gasteiger partial charge in [-0.25, -0.2) is 0 Å². The summed E-state index contributed by atoms with van der Waals surface area (Å²) in [5.74, 6) is 1.61. The fraction of sp³-hybridized carbons (Fsp3) is 0.556. The Morgan fingerprint density at radius 3 is 2.52 bits per heavy atom. The van der Waals surface area contributed by atoms with Gasteiger partial charge in [-0.15, -0.1) is 0 Å². The standard InChI is InChI=1S/C27H40ClN3O2/c1-4-5-22-14-15-31(17-22)18-26(30-19-29-16-21-6-10-24(28)11-7-21)27(32)23-8-12-25(13-9-23)33-20(2)3/h6-13,20,22,26-27,29-30,32H,4-5,14-19H2,1-3H3. The van der Waals surface area contributed by atoms with Crippen molar-refractivity contribution < 1.29 is 9.84 Å². The lowest BCUT2D eigenvalue weighted by molar-refractivity contribution is 0.104. The Morgan fingerprint density at radius 2 is 1.85 bits per heavy atom. The quantitative estimate of drug-likeness (QED) is 0.282. The Bertz CT molecular complexity index is 813.